The number of benzene rings is 2. The van der Waals surface area contributed by atoms with Crippen molar-refractivity contribution >= 4 is 24.0 Å². The van der Waals surface area contributed by atoms with Gasteiger partial charge in [0.2, 0.25) is 5.91 Å². The van der Waals surface area contributed by atoms with E-state index < -0.39 is 6.04 Å². The van der Waals surface area contributed by atoms with Crippen LogP contribution in [0.4, 0.5) is 5.69 Å². The molecule has 0 heterocycles. The minimum absolute atomic E-state index is 0. The summed E-state index contributed by atoms with van der Waals surface area (Å²) in [5.74, 6) is 0.695. The van der Waals surface area contributed by atoms with Gasteiger partial charge in [-0.25, -0.2) is 0 Å². The van der Waals surface area contributed by atoms with Gasteiger partial charge in [-0.05, 0) is 36.2 Å². The third-order valence-corrected chi connectivity index (χ3v) is 3.31. The van der Waals surface area contributed by atoms with E-state index in [2.05, 4.69) is 5.32 Å². The molecule has 0 bridgehead atoms. The van der Waals surface area contributed by atoms with Crippen LogP contribution in [0.25, 0.3) is 0 Å². The van der Waals surface area contributed by atoms with Crippen LogP contribution in [0.15, 0.2) is 54.6 Å². The maximum atomic E-state index is 11.8. The maximum absolute atomic E-state index is 11.8. The zero-order valence-electron chi connectivity index (χ0n) is 13.2. The lowest BCUT2D eigenvalue weighted by Crippen LogP contribution is -2.35. The van der Waals surface area contributed by atoms with E-state index in [0.717, 1.165) is 23.4 Å². The summed E-state index contributed by atoms with van der Waals surface area (Å²) in [5, 5.41) is 2.82. The van der Waals surface area contributed by atoms with Gasteiger partial charge in [0.05, 0.1) is 6.04 Å². The Kier molecular flexibility index (Phi) is 8.16. The molecule has 0 fully saturated rings. The second-order valence-electron chi connectivity index (χ2n) is 5.18. The highest BCUT2D eigenvalue weighted by Gasteiger charge is 2.11. The monoisotopic (exact) mass is 334 g/mol. The van der Waals surface area contributed by atoms with Crippen LogP contribution in [0.1, 0.15) is 25.3 Å². The number of amides is 1. The second-order valence-corrected chi connectivity index (χ2v) is 5.18. The van der Waals surface area contributed by atoms with Crippen LogP contribution >= 0.6 is 12.4 Å². The summed E-state index contributed by atoms with van der Waals surface area (Å²) in [5.41, 5.74) is 7.58. The van der Waals surface area contributed by atoms with Crippen LogP contribution in [0.2, 0.25) is 0 Å². The van der Waals surface area contributed by atoms with Crippen LogP contribution in [0, 0.1) is 0 Å². The molecule has 124 valence electrons. The van der Waals surface area contributed by atoms with Crippen molar-refractivity contribution in [3.8, 4) is 5.75 Å². The quantitative estimate of drug-likeness (QED) is 0.810. The number of anilines is 1. The number of nitrogens with one attached hydrogen (secondary N) is 1. The first-order chi connectivity index (χ1) is 10.7. The molecule has 5 heteroatoms. The number of halogens is 1. The Bertz CT molecular complexity index is 588. The fourth-order valence-corrected chi connectivity index (χ4v) is 2.04. The molecule has 0 radical (unpaired) electrons. The number of rotatable bonds is 7. The number of hydrogen-bond donors (Lipinski definition) is 2. The van der Waals surface area contributed by atoms with E-state index in [1.807, 2.05) is 61.5 Å². The summed E-state index contributed by atoms with van der Waals surface area (Å²) in [6, 6.07) is 16.8. The van der Waals surface area contributed by atoms with Gasteiger partial charge in [-0.15, -0.1) is 12.4 Å². The van der Waals surface area contributed by atoms with Gasteiger partial charge < -0.3 is 15.8 Å². The van der Waals surface area contributed by atoms with E-state index in [1.54, 1.807) is 0 Å². The Labute approximate surface area is 143 Å². The largest absolute Gasteiger partial charge is 0.489 e. The molecule has 1 atom stereocenters. The molecule has 1 unspecified atom stereocenters. The molecule has 4 nitrogen and oxygen atoms in total. The van der Waals surface area contributed by atoms with Crippen molar-refractivity contribution in [2.24, 2.45) is 5.73 Å². The number of carbonyl (C=O) groups excluding carboxylic acids is 1. The molecular weight excluding hydrogens is 312 g/mol. The molecule has 0 aromatic heterocycles. The number of nitrogens with two attached hydrogens (primary N) is 1. The first-order valence-electron chi connectivity index (χ1n) is 7.52. The zero-order valence-corrected chi connectivity index (χ0v) is 14.0. The van der Waals surface area contributed by atoms with Gasteiger partial charge in [0.25, 0.3) is 0 Å². The van der Waals surface area contributed by atoms with Crippen molar-refractivity contribution < 1.29 is 9.53 Å². The fraction of sp³-hybridized carbons (Fsp3) is 0.278. The van der Waals surface area contributed by atoms with Crippen molar-refractivity contribution in [2.75, 3.05) is 5.32 Å². The molecule has 2 aromatic rings. The fourth-order valence-electron chi connectivity index (χ4n) is 2.04. The molecule has 0 aliphatic rings. The lowest BCUT2D eigenvalue weighted by atomic mass is 10.1. The van der Waals surface area contributed by atoms with Crippen LogP contribution in [0.5, 0.6) is 5.75 Å². The third kappa shape index (κ3) is 6.30. The molecule has 3 N–H and O–H groups in total. The van der Waals surface area contributed by atoms with Gasteiger partial charge in [0, 0.05) is 5.69 Å². The van der Waals surface area contributed by atoms with Crippen molar-refractivity contribution in [1.29, 1.82) is 0 Å². The second kappa shape index (κ2) is 9.87. The summed E-state index contributed by atoms with van der Waals surface area (Å²) in [6.07, 6.45) is 1.58. The molecule has 0 aliphatic carbocycles. The molecular formula is C18H23ClN2O2. The van der Waals surface area contributed by atoms with Gasteiger partial charge in [-0.1, -0.05) is 43.7 Å². The van der Waals surface area contributed by atoms with Crippen molar-refractivity contribution in [1.82, 2.24) is 0 Å². The highest BCUT2D eigenvalue weighted by Crippen LogP contribution is 2.14. The Morgan fingerprint density at radius 3 is 2.39 bits per heavy atom. The molecule has 0 spiro atoms. The Morgan fingerprint density at radius 2 is 1.78 bits per heavy atom. The zero-order chi connectivity index (χ0) is 15.8. The lowest BCUT2D eigenvalue weighted by Gasteiger charge is -2.12. The van der Waals surface area contributed by atoms with Crippen molar-refractivity contribution in [2.45, 2.75) is 32.4 Å². The number of carbonyl (C=O) groups is 1. The maximum Gasteiger partial charge on any atom is 0.241 e. The summed E-state index contributed by atoms with van der Waals surface area (Å²) in [4.78, 5) is 11.8. The van der Waals surface area contributed by atoms with E-state index in [0.29, 0.717) is 13.0 Å². The number of ether oxygens (including phenoxy) is 1. The van der Waals surface area contributed by atoms with Crippen LogP contribution in [0.3, 0.4) is 0 Å². The smallest absolute Gasteiger partial charge is 0.241 e. The van der Waals surface area contributed by atoms with Gasteiger partial charge in [0.1, 0.15) is 12.4 Å². The number of hydrogen-bond acceptors (Lipinski definition) is 3. The lowest BCUT2D eigenvalue weighted by molar-refractivity contribution is -0.117. The summed E-state index contributed by atoms with van der Waals surface area (Å²) in [6.45, 7) is 2.50. The molecule has 2 rings (SSSR count). The van der Waals surface area contributed by atoms with Crippen LogP contribution in [-0.4, -0.2) is 11.9 Å². The Morgan fingerprint density at radius 1 is 1.13 bits per heavy atom. The average Bonchev–Trinajstić information content (AvgIpc) is 2.55. The SMILES string of the molecule is CCCC(N)C(=O)Nc1ccc(COc2ccccc2)cc1.Cl. The summed E-state index contributed by atoms with van der Waals surface area (Å²) >= 11 is 0. The third-order valence-electron chi connectivity index (χ3n) is 3.31. The normalized spacial score (nSPS) is 11.2. The van der Waals surface area contributed by atoms with E-state index in [4.69, 9.17) is 10.5 Å². The minimum Gasteiger partial charge on any atom is -0.489 e. The molecule has 2 aromatic carbocycles. The minimum atomic E-state index is -0.453. The molecule has 0 saturated heterocycles. The van der Waals surface area contributed by atoms with E-state index in [1.165, 1.54) is 0 Å². The topological polar surface area (TPSA) is 64.4 Å². The first-order valence-corrected chi connectivity index (χ1v) is 7.52. The summed E-state index contributed by atoms with van der Waals surface area (Å²) < 4.78 is 5.68. The number of para-hydroxylation sites is 1. The van der Waals surface area contributed by atoms with E-state index in [9.17, 15) is 4.79 Å². The molecule has 0 saturated carbocycles. The van der Waals surface area contributed by atoms with Crippen molar-refractivity contribution in [3.63, 3.8) is 0 Å². The van der Waals surface area contributed by atoms with Gasteiger partial charge in [-0.2, -0.15) is 0 Å². The highest BCUT2D eigenvalue weighted by molar-refractivity contribution is 5.94. The van der Waals surface area contributed by atoms with Crippen molar-refractivity contribution in [3.05, 3.63) is 60.2 Å². The van der Waals surface area contributed by atoms with Crippen LogP contribution in [-0.2, 0) is 11.4 Å². The highest BCUT2D eigenvalue weighted by atomic mass is 35.5. The van der Waals surface area contributed by atoms with Crippen LogP contribution < -0.4 is 15.8 Å². The Hall–Kier alpha value is -2.04. The molecule has 1 amide bonds. The summed E-state index contributed by atoms with van der Waals surface area (Å²) in [7, 11) is 0. The Balaban J connectivity index is 0.00000264. The predicted molar refractivity (Wildman–Crippen MR) is 96.0 cm³/mol. The van der Waals surface area contributed by atoms with Gasteiger partial charge in [-0.3, -0.25) is 4.79 Å². The van der Waals surface area contributed by atoms with Gasteiger partial charge >= 0.3 is 0 Å². The first kappa shape index (κ1) is 19.0. The van der Waals surface area contributed by atoms with E-state index >= 15 is 0 Å². The average molecular weight is 335 g/mol. The van der Waals surface area contributed by atoms with E-state index in [-0.39, 0.29) is 18.3 Å². The standard InChI is InChI=1S/C18H22N2O2.ClH/c1-2-6-17(19)18(21)20-15-11-9-14(10-12-15)13-22-16-7-4-3-5-8-16;/h3-5,7-12,17H,2,6,13,19H2,1H3,(H,20,21);1H. The predicted octanol–water partition coefficient (Wildman–Crippen LogP) is 3.75. The molecule has 23 heavy (non-hydrogen) atoms. The van der Waals surface area contributed by atoms with Gasteiger partial charge in [0.15, 0.2) is 0 Å². The molecule has 0 aliphatic heterocycles.